The Morgan fingerprint density at radius 2 is 2.11 bits per heavy atom. The maximum atomic E-state index is 15.3. The van der Waals surface area contributed by atoms with Crippen LogP contribution in [0, 0.1) is 5.82 Å². The van der Waals surface area contributed by atoms with Crippen molar-refractivity contribution in [2.45, 2.75) is 24.7 Å². The minimum Gasteiger partial charge on any atom is -0.479 e. The first-order chi connectivity index (χ1) is 18.0. The highest BCUT2D eigenvalue weighted by Crippen LogP contribution is 2.34. The number of rotatable bonds is 6. The predicted molar refractivity (Wildman–Crippen MR) is 130 cm³/mol. The van der Waals surface area contributed by atoms with Gasteiger partial charge in [0.15, 0.2) is 5.82 Å². The number of anilines is 1. The van der Waals surface area contributed by atoms with Gasteiger partial charge in [0.05, 0.1) is 50.4 Å². The van der Waals surface area contributed by atoms with Gasteiger partial charge in [-0.2, -0.15) is 4.98 Å². The molecule has 2 aliphatic rings. The van der Waals surface area contributed by atoms with Crippen molar-refractivity contribution >= 4 is 23.0 Å². The molecule has 2 N–H and O–H groups in total. The molecule has 2 aliphatic heterocycles. The second kappa shape index (κ2) is 9.23. The molecule has 0 radical (unpaired) electrons. The number of nitrogens with zero attached hydrogens (tertiary/aromatic N) is 6. The number of hydrogen-bond acceptors (Lipinski definition) is 8. The Kier molecular flexibility index (Phi) is 5.88. The molecule has 4 aromatic heterocycles. The fraction of sp³-hybridized carbons (Fsp3) is 0.417. The molecule has 2 fully saturated rings. The van der Waals surface area contributed by atoms with Crippen LogP contribution in [0.3, 0.4) is 0 Å². The van der Waals surface area contributed by atoms with E-state index in [1.165, 1.54) is 31.1 Å². The van der Waals surface area contributed by atoms with Gasteiger partial charge in [0, 0.05) is 31.9 Å². The molecule has 4 aromatic rings. The summed E-state index contributed by atoms with van der Waals surface area (Å²) in [5.41, 5.74) is 1.85. The Balaban J connectivity index is 1.33. The van der Waals surface area contributed by atoms with Gasteiger partial charge >= 0.3 is 0 Å². The zero-order valence-corrected chi connectivity index (χ0v) is 20.3. The van der Waals surface area contributed by atoms with Crippen LogP contribution in [0.4, 0.5) is 14.7 Å². The van der Waals surface area contributed by atoms with E-state index in [9.17, 15) is 9.18 Å². The van der Waals surface area contributed by atoms with Crippen molar-refractivity contribution in [2.24, 2.45) is 0 Å². The van der Waals surface area contributed by atoms with Crippen LogP contribution in [0.15, 0.2) is 30.7 Å². The summed E-state index contributed by atoms with van der Waals surface area (Å²) in [5.74, 6) is -0.592. The van der Waals surface area contributed by atoms with E-state index in [0.717, 1.165) is 6.54 Å². The number of methoxy groups -OCH3 is 1. The van der Waals surface area contributed by atoms with Gasteiger partial charge in [-0.1, -0.05) is 0 Å². The zero-order valence-electron chi connectivity index (χ0n) is 20.3. The van der Waals surface area contributed by atoms with Gasteiger partial charge in [-0.15, -0.1) is 5.10 Å². The maximum absolute atomic E-state index is 15.3. The molecular formula is C24H26F2N8O3. The topological polar surface area (TPSA) is 110 Å². The summed E-state index contributed by atoms with van der Waals surface area (Å²) in [6, 6.07) is 3.19. The SMILES string of the molecule is CNC(=O)c1cnc2ccc(-c3c(F)cn4nc(N[C@@H]5CCN(C6COC6)C[C@H]5F)nc(OC)c34)cn12. The van der Waals surface area contributed by atoms with Crippen LogP contribution in [0.2, 0.25) is 0 Å². The summed E-state index contributed by atoms with van der Waals surface area (Å²) in [6.45, 7) is 2.33. The number of likely N-dealkylation sites (tertiary alicyclic amines) is 1. The summed E-state index contributed by atoms with van der Waals surface area (Å²) in [6.07, 6.45) is 3.77. The van der Waals surface area contributed by atoms with Crippen LogP contribution in [0.25, 0.3) is 22.3 Å². The number of piperidine rings is 1. The summed E-state index contributed by atoms with van der Waals surface area (Å²) in [4.78, 5) is 23.0. The monoisotopic (exact) mass is 512 g/mol. The van der Waals surface area contributed by atoms with Gasteiger partial charge < -0.3 is 20.1 Å². The lowest BCUT2D eigenvalue weighted by molar-refractivity contribution is -0.0794. The van der Waals surface area contributed by atoms with Crippen molar-refractivity contribution in [3.8, 4) is 17.0 Å². The highest BCUT2D eigenvalue weighted by molar-refractivity contribution is 5.93. The van der Waals surface area contributed by atoms with E-state index in [2.05, 4.69) is 30.6 Å². The summed E-state index contributed by atoms with van der Waals surface area (Å²) >= 11 is 0. The predicted octanol–water partition coefficient (Wildman–Crippen LogP) is 1.77. The minimum absolute atomic E-state index is 0.133. The molecule has 0 aromatic carbocycles. The Morgan fingerprint density at radius 1 is 1.27 bits per heavy atom. The molecule has 2 atom stereocenters. The Labute approximate surface area is 210 Å². The number of hydrogen-bond donors (Lipinski definition) is 2. The lowest BCUT2D eigenvalue weighted by Crippen LogP contribution is -2.57. The third kappa shape index (κ3) is 4.03. The highest BCUT2D eigenvalue weighted by atomic mass is 19.1. The largest absolute Gasteiger partial charge is 0.479 e. The normalized spacial score (nSPS) is 20.8. The van der Waals surface area contributed by atoms with Crippen molar-refractivity contribution in [1.29, 1.82) is 0 Å². The van der Waals surface area contributed by atoms with Crippen LogP contribution in [0.1, 0.15) is 16.9 Å². The number of ether oxygens (including phenoxy) is 2. The fourth-order valence-electron chi connectivity index (χ4n) is 4.95. The van der Waals surface area contributed by atoms with Gasteiger partial charge in [-0.3, -0.25) is 14.1 Å². The molecule has 194 valence electrons. The number of pyridine rings is 1. The third-order valence-electron chi connectivity index (χ3n) is 7.02. The van der Waals surface area contributed by atoms with Crippen molar-refractivity contribution < 1.29 is 23.0 Å². The first kappa shape index (κ1) is 23.6. The molecule has 6 heterocycles. The van der Waals surface area contributed by atoms with E-state index in [-0.39, 0.29) is 29.3 Å². The number of amides is 1. The van der Waals surface area contributed by atoms with Crippen molar-refractivity contribution in [2.75, 3.05) is 45.8 Å². The standard InChI is InChI=1S/C24H26F2N8O3/c1-27-22(35)18-7-28-19-4-3-13(8-33(18)19)20-16(26)10-34-21(20)23(36-2)30-24(31-34)29-17-5-6-32(9-15(17)25)14-11-37-12-14/h3-4,7-8,10,14-15,17H,5-6,9,11-12H2,1-2H3,(H,27,35)(H,29,31)/t15-,17-/m1/s1. The second-order valence-electron chi connectivity index (χ2n) is 9.20. The highest BCUT2D eigenvalue weighted by Gasteiger charge is 2.36. The second-order valence-corrected chi connectivity index (χ2v) is 9.20. The van der Waals surface area contributed by atoms with E-state index >= 15 is 4.39 Å². The van der Waals surface area contributed by atoms with Gasteiger partial charge in [0.2, 0.25) is 11.8 Å². The van der Waals surface area contributed by atoms with E-state index in [0.29, 0.717) is 48.6 Å². The quantitative estimate of drug-likeness (QED) is 0.402. The van der Waals surface area contributed by atoms with Gasteiger partial charge in [0.25, 0.3) is 5.91 Å². The molecule has 37 heavy (non-hydrogen) atoms. The average molecular weight is 513 g/mol. The van der Waals surface area contributed by atoms with Gasteiger partial charge in [0.1, 0.15) is 23.0 Å². The van der Waals surface area contributed by atoms with E-state index in [4.69, 9.17) is 9.47 Å². The number of fused-ring (bicyclic) bond motifs is 2. The number of carbonyl (C=O) groups is 1. The van der Waals surface area contributed by atoms with Crippen molar-refractivity contribution in [3.63, 3.8) is 0 Å². The Hall–Kier alpha value is -3.84. The molecule has 0 bridgehead atoms. The number of alkyl halides is 1. The zero-order chi connectivity index (χ0) is 25.7. The average Bonchev–Trinajstić information content (AvgIpc) is 3.43. The number of nitrogens with one attached hydrogen (secondary N) is 2. The molecular weight excluding hydrogens is 486 g/mol. The summed E-state index contributed by atoms with van der Waals surface area (Å²) < 4.78 is 44.0. The molecule has 11 nitrogen and oxygen atoms in total. The van der Waals surface area contributed by atoms with E-state index in [1.54, 1.807) is 22.7 Å². The summed E-state index contributed by atoms with van der Waals surface area (Å²) in [5, 5.41) is 10.0. The first-order valence-corrected chi connectivity index (χ1v) is 12.0. The van der Waals surface area contributed by atoms with Gasteiger partial charge in [-0.05, 0) is 18.6 Å². The third-order valence-corrected chi connectivity index (χ3v) is 7.02. The number of halogens is 2. The van der Waals surface area contributed by atoms with Crippen LogP contribution in [-0.2, 0) is 4.74 Å². The van der Waals surface area contributed by atoms with Crippen molar-refractivity contribution in [1.82, 2.24) is 34.2 Å². The number of aromatic nitrogens is 5. The van der Waals surface area contributed by atoms with Crippen LogP contribution < -0.4 is 15.4 Å². The Bertz CT molecular complexity index is 1480. The first-order valence-electron chi connectivity index (χ1n) is 12.0. The molecule has 6 rings (SSSR count). The lowest BCUT2D eigenvalue weighted by atomic mass is 10.0. The van der Waals surface area contributed by atoms with Gasteiger partial charge in [-0.25, -0.2) is 18.3 Å². The van der Waals surface area contributed by atoms with Crippen LogP contribution in [-0.4, -0.2) is 93.5 Å². The molecule has 1 amide bonds. The molecule has 0 aliphatic carbocycles. The molecule has 0 unspecified atom stereocenters. The van der Waals surface area contributed by atoms with E-state index < -0.39 is 18.0 Å². The van der Waals surface area contributed by atoms with Crippen LogP contribution in [0.5, 0.6) is 5.88 Å². The van der Waals surface area contributed by atoms with E-state index in [1.807, 2.05) is 0 Å². The number of imidazole rings is 1. The lowest BCUT2D eigenvalue weighted by Gasteiger charge is -2.42. The molecule has 13 heteroatoms. The Morgan fingerprint density at radius 3 is 2.81 bits per heavy atom. The maximum Gasteiger partial charge on any atom is 0.269 e. The fourth-order valence-corrected chi connectivity index (χ4v) is 4.95. The summed E-state index contributed by atoms with van der Waals surface area (Å²) in [7, 11) is 2.96. The number of carbonyl (C=O) groups excluding carboxylic acids is 1. The molecule has 0 saturated carbocycles. The molecule has 0 spiro atoms. The van der Waals surface area contributed by atoms with Crippen molar-refractivity contribution in [3.05, 3.63) is 42.2 Å². The minimum atomic E-state index is -1.12. The van der Waals surface area contributed by atoms with Crippen LogP contribution >= 0.6 is 0 Å². The smallest absolute Gasteiger partial charge is 0.269 e. The molecule has 2 saturated heterocycles.